The molecule has 232 valence electrons. The van der Waals surface area contributed by atoms with E-state index >= 15 is 0 Å². The molecule has 2 heterocycles. The average molecular weight is 624 g/mol. The highest BCUT2D eigenvalue weighted by Gasteiger charge is 2.43. The minimum Gasteiger partial charge on any atom is -0.355 e. The van der Waals surface area contributed by atoms with Crippen LogP contribution in [-0.2, 0) is 27.2 Å². The zero-order valence-corrected chi connectivity index (χ0v) is 24.0. The Morgan fingerprint density at radius 2 is 1.60 bits per heavy atom. The van der Waals surface area contributed by atoms with Gasteiger partial charge in [0.25, 0.3) is 0 Å². The molecule has 3 atom stereocenters. The number of alkyl halides is 6. The van der Waals surface area contributed by atoms with Crippen molar-refractivity contribution in [2.45, 2.75) is 50.5 Å². The Morgan fingerprint density at radius 3 is 2.12 bits per heavy atom. The van der Waals surface area contributed by atoms with Gasteiger partial charge in [0.15, 0.2) is 0 Å². The zero-order chi connectivity index (χ0) is 31.2. The fourth-order valence-electron chi connectivity index (χ4n) is 5.68. The molecule has 0 radical (unpaired) electrons. The quantitative estimate of drug-likeness (QED) is 0.434. The number of likely N-dealkylation sites (tertiary alicyclic amines) is 1. The molecular formula is C28H32F7N3O3S. The summed E-state index contributed by atoms with van der Waals surface area (Å²) in [5, 5.41) is 2.72. The number of benzene rings is 2. The van der Waals surface area contributed by atoms with Gasteiger partial charge in [-0.2, -0.15) is 30.6 Å². The smallest absolute Gasteiger partial charge is 0.355 e. The summed E-state index contributed by atoms with van der Waals surface area (Å²) in [6, 6.07) is 5.59. The minimum atomic E-state index is -4.98. The lowest BCUT2D eigenvalue weighted by molar-refractivity contribution is -0.143. The maximum absolute atomic E-state index is 13.9. The Bertz CT molecular complexity index is 1390. The van der Waals surface area contributed by atoms with Gasteiger partial charge in [-0.05, 0) is 72.8 Å². The van der Waals surface area contributed by atoms with Crippen LogP contribution in [0.5, 0.6) is 0 Å². The minimum absolute atomic E-state index is 0.0456. The third-order valence-electron chi connectivity index (χ3n) is 8.19. The fraction of sp³-hybridized carbons (Fsp3) is 0.536. The number of carbonyl (C=O) groups excluding carboxylic acids is 1. The summed E-state index contributed by atoms with van der Waals surface area (Å²) in [6.45, 7) is 4.47. The molecule has 0 unspecified atom stereocenters. The molecule has 6 nitrogen and oxygen atoms in total. The van der Waals surface area contributed by atoms with Crippen molar-refractivity contribution in [3.63, 3.8) is 0 Å². The van der Waals surface area contributed by atoms with Crippen LogP contribution < -0.4 is 5.32 Å². The van der Waals surface area contributed by atoms with Gasteiger partial charge in [0, 0.05) is 44.1 Å². The van der Waals surface area contributed by atoms with Crippen LogP contribution in [0.1, 0.15) is 53.0 Å². The number of nitrogens with one attached hydrogen (secondary N) is 1. The first kappa shape index (κ1) is 32.2. The highest BCUT2D eigenvalue weighted by atomic mass is 32.2. The molecule has 0 saturated carbocycles. The molecule has 42 heavy (non-hydrogen) atoms. The third-order valence-corrected chi connectivity index (χ3v) is 9.42. The Hall–Kier alpha value is -2.71. The highest BCUT2D eigenvalue weighted by Crippen LogP contribution is 2.39. The van der Waals surface area contributed by atoms with E-state index in [-0.39, 0.29) is 24.2 Å². The number of rotatable bonds is 7. The number of hydrogen-bond donors (Lipinski definition) is 1. The van der Waals surface area contributed by atoms with Crippen LogP contribution in [0.3, 0.4) is 0 Å². The second kappa shape index (κ2) is 11.8. The summed E-state index contributed by atoms with van der Waals surface area (Å²) < 4.78 is 119. The molecule has 2 aliphatic rings. The predicted molar refractivity (Wildman–Crippen MR) is 142 cm³/mol. The van der Waals surface area contributed by atoms with Crippen LogP contribution in [-0.4, -0.2) is 68.6 Å². The van der Waals surface area contributed by atoms with Crippen LogP contribution in [0, 0.1) is 18.7 Å². The number of halogens is 7. The molecule has 2 aliphatic heterocycles. The number of carbonyl (C=O) groups is 1. The van der Waals surface area contributed by atoms with Crippen molar-refractivity contribution >= 4 is 15.9 Å². The average Bonchev–Trinajstić information content (AvgIpc) is 2.84. The second-order valence-corrected chi connectivity index (χ2v) is 13.2. The lowest BCUT2D eigenvalue weighted by Gasteiger charge is -2.48. The molecule has 2 aromatic carbocycles. The molecule has 1 N–H and O–H groups in total. The number of sulfonamides is 1. The van der Waals surface area contributed by atoms with E-state index in [1.54, 1.807) is 13.0 Å². The molecule has 14 heteroatoms. The van der Waals surface area contributed by atoms with E-state index in [9.17, 15) is 43.9 Å². The third kappa shape index (κ3) is 7.25. The Labute approximate surface area is 239 Å². The van der Waals surface area contributed by atoms with Gasteiger partial charge in [-0.3, -0.25) is 9.69 Å². The van der Waals surface area contributed by atoms with Crippen LogP contribution in [0.4, 0.5) is 30.7 Å². The molecule has 4 rings (SSSR count). The van der Waals surface area contributed by atoms with E-state index in [0.717, 1.165) is 11.8 Å². The Balaban J connectivity index is 1.51. The van der Waals surface area contributed by atoms with Crippen LogP contribution >= 0.6 is 0 Å². The SMILES string of the molecule is Cc1cc(F)ccc1[C@H]1CN(C2CN(S(C)(=O)=O)C2)CC[C@@H]1C(=O)NC[C@H](C)c1cc(C(F)(F)F)cc(C(F)(F)F)c1. The first-order valence-electron chi connectivity index (χ1n) is 13.4. The summed E-state index contributed by atoms with van der Waals surface area (Å²) in [7, 11) is -3.32. The summed E-state index contributed by atoms with van der Waals surface area (Å²) >= 11 is 0. The normalized spacial score (nSPS) is 22.0. The number of amides is 1. The van der Waals surface area contributed by atoms with Gasteiger partial charge in [-0.1, -0.05) is 13.0 Å². The van der Waals surface area contributed by atoms with Crippen molar-refractivity contribution in [3.05, 3.63) is 70.0 Å². The van der Waals surface area contributed by atoms with Gasteiger partial charge >= 0.3 is 12.4 Å². The number of hydrogen-bond acceptors (Lipinski definition) is 4. The lowest BCUT2D eigenvalue weighted by Crippen LogP contribution is -2.63. The molecular weight excluding hydrogens is 591 g/mol. The Morgan fingerprint density at radius 1 is 1.00 bits per heavy atom. The second-order valence-electron chi connectivity index (χ2n) is 11.2. The van der Waals surface area contributed by atoms with E-state index in [2.05, 4.69) is 10.2 Å². The van der Waals surface area contributed by atoms with Crippen molar-refractivity contribution in [2.75, 3.05) is 39.0 Å². The maximum atomic E-state index is 13.9. The number of piperidine rings is 1. The standard InChI is InChI=1S/C28H32F7N3O3S/c1-16-8-21(29)4-5-23(16)25-15-37(22-13-38(14-22)42(3,40)41)7-6-24(25)26(39)36-12-17(2)18-9-19(27(30,31)32)11-20(10-18)28(33,34)35/h4-5,8-11,17,22,24-25H,6-7,12-15H2,1-3H3,(H,36,39)/t17-,24-,25+/m0/s1. The topological polar surface area (TPSA) is 69.7 Å². The molecule has 0 aliphatic carbocycles. The van der Waals surface area contributed by atoms with Crippen LogP contribution in [0.15, 0.2) is 36.4 Å². The van der Waals surface area contributed by atoms with Gasteiger partial charge in [0.2, 0.25) is 15.9 Å². The zero-order valence-electron chi connectivity index (χ0n) is 23.2. The van der Waals surface area contributed by atoms with Crippen molar-refractivity contribution in [1.29, 1.82) is 0 Å². The fourth-order valence-corrected chi connectivity index (χ4v) is 6.56. The molecule has 0 bridgehead atoms. The monoisotopic (exact) mass is 623 g/mol. The molecule has 2 saturated heterocycles. The van der Waals surface area contributed by atoms with Gasteiger partial charge in [0.1, 0.15) is 5.82 Å². The molecule has 1 amide bonds. The van der Waals surface area contributed by atoms with Crippen LogP contribution in [0.2, 0.25) is 0 Å². The predicted octanol–water partition coefficient (Wildman–Crippen LogP) is 5.14. The van der Waals surface area contributed by atoms with Crippen molar-refractivity contribution in [2.24, 2.45) is 5.92 Å². The van der Waals surface area contributed by atoms with E-state index in [0.29, 0.717) is 50.3 Å². The molecule has 2 fully saturated rings. The lowest BCUT2D eigenvalue weighted by atomic mass is 9.78. The van der Waals surface area contributed by atoms with E-state index in [4.69, 9.17) is 0 Å². The molecule has 2 aromatic rings. The van der Waals surface area contributed by atoms with E-state index in [1.165, 1.54) is 23.4 Å². The maximum Gasteiger partial charge on any atom is 0.416 e. The molecule has 0 spiro atoms. The van der Waals surface area contributed by atoms with E-state index in [1.807, 2.05) is 0 Å². The van der Waals surface area contributed by atoms with Gasteiger partial charge < -0.3 is 5.32 Å². The number of nitrogens with zero attached hydrogens (tertiary/aromatic N) is 2. The first-order chi connectivity index (χ1) is 19.3. The van der Waals surface area contributed by atoms with Crippen molar-refractivity contribution < 1.29 is 43.9 Å². The summed E-state index contributed by atoms with van der Waals surface area (Å²) in [6.07, 6.45) is -8.45. The van der Waals surface area contributed by atoms with Crippen molar-refractivity contribution in [1.82, 2.24) is 14.5 Å². The van der Waals surface area contributed by atoms with Gasteiger partial charge in [-0.25, -0.2) is 12.8 Å². The van der Waals surface area contributed by atoms with Crippen LogP contribution in [0.25, 0.3) is 0 Å². The first-order valence-corrected chi connectivity index (χ1v) is 15.2. The largest absolute Gasteiger partial charge is 0.416 e. The van der Waals surface area contributed by atoms with Gasteiger partial charge in [0.05, 0.1) is 17.4 Å². The van der Waals surface area contributed by atoms with Gasteiger partial charge in [-0.15, -0.1) is 0 Å². The summed E-state index contributed by atoms with van der Waals surface area (Å²) in [4.78, 5) is 15.5. The van der Waals surface area contributed by atoms with E-state index < -0.39 is 63.0 Å². The Kier molecular flexibility index (Phi) is 9.02. The highest BCUT2D eigenvalue weighted by molar-refractivity contribution is 7.88. The van der Waals surface area contributed by atoms with Crippen molar-refractivity contribution in [3.8, 4) is 0 Å². The summed E-state index contributed by atoms with van der Waals surface area (Å²) in [5.41, 5.74) is -1.69. The number of aryl methyl sites for hydroxylation is 1. The summed E-state index contributed by atoms with van der Waals surface area (Å²) in [5.74, 6) is -2.71. The molecule has 0 aromatic heterocycles.